The van der Waals surface area contributed by atoms with Gasteiger partial charge < -0.3 is 14.2 Å². The summed E-state index contributed by atoms with van der Waals surface area (Å²) in [6.45, 7) is 8.85. The van der Waals surface area contributed by atoms with Crippen molar-refractivity contribution in [3.63, 3.8) is 0 Å². The third-order valence-corrected chi connectivity index (χ3v) is 5.45. The quantitative estimate of drug-likeness (QED) is 0.508. The number of hydrogen-bond donors (Lipinski definition) is 0. The molecule has 0 aliphatic carbocycles. The van der Waals surface area contributed by atoms with Crippen molar-refractivity contribution in [3.05, 3.63) is 58.2 Å². The number of aromatic nitrogens is 1. The average Bonchev–Trinajstić information content (AvgIpc) is 2.93. The highest BCUT2D eigenvalue weighted by molar-refractivity contribution is 6.06. The molecule has 0 saturated heterocycles. The molecule has 0 bridgehead atoms. The highest BCUT2D eigenvalue weighted by Gasteiger charge is 2.33. The topological polar surface area (TPSA) is 68.6 Å². The Morgan fingerprint density at radius 2 is 1.67 bits per heavy atom. The Balaban J connectivity index is 2.46. The van der Waals surface area contributed by atoms with E-state index in [1.54, 1.807) is 58.4 Å². The largest absolute Gasteiger partial charge is 0.464 e. The minimum atomic E-state index is -0.768. The van der Waals surface area contributed by atoms with Crippen molar-refractivity contribution in [2.24, 2.45) is 13.0 Å². The fourth-order valence-corrected chi connectivity index (χ4v) is 3.60. The molecule has 6 nitrogen and oxygen atoms in total. The van der Waals surface area contributed by atoms with Crippen LogP contribution in [-0.4, -0.2) is 40.3 Å². The number of ether oxygens (including phenoxy) is 1. The van der Waals surface area contributed by atoms with Crippen LogP contribution in [0.1, 0.15) is 58.4 Å². The molecular formula is C23H29FN2O4. The van der Waals surface area contributed by atoms with Gasteiger partial charge in [-0.2, -0.15) is 0 Å². The van der Waals surface area contributed by atoms with Crippen LogP contribution in [0, 0.1) is 25.6 Å². The zero-order valence-corrected chi connectivity index (χ0v) is 18.6. The van der Waals surface area contributed by atoms with Gasteiger partial charge in [-0.1, -0.05) is 26.0 Å². The minimum absolute atomic E-state index is 0.180. The highest BCUT2D eigenvalue weighted by Crippen LogP contribution is 2.25. The normalized spacial score (nSPS) is 12.0. The van der Waals surface area contributed by atoms with E-state index in [-0.39, 0.29) is 30.0 Å². The smallest absolute Gasteiger partial charge is 0.354 e. The number of hydrogen-bond acceptors (Lipinski definition) is 4. The molecule has 2 aromatic rings. The van der Waals surface area contributed by atoms with Crippen LogP contribution in [0.15, 0.2) is 24.3 Å². The van der Waals surface area contributed by atoms with Gasteiger partial charge in [-0.15, -0.1) is 0 Å². The van der Waals surface area contributed by atoms with Gasteiger partial charge in [0, 0.05) is 30.8 Å². The number of esters is 1. The molecule has 1 amide bonds. The molecule has 2 rings (SSSR count). The van der Waals surface area contributed by atoms with E-state index in [1.807, 2.05) is 0 Å². The van der Waals surface area contributed by atoms with E-state index in [0.29, 0.717) is 22.5 Å². The van der Waals surface area contributed by atoms with Crippen LogP contribution in [0.3, 0.4) is 0 Å². The molecular weight excluding hydrogens is 387 g/mol. The summed E-state index contributed by atoms with van der Waals surface area (Å²) in [5, 5.41) is 0. The van der Waals surface area contributed by atoms with E-state index < -0.39 is 12.0 Å². The summed E-state index contributed by atoms with van der Waals surface area (Å²) >= 11 is 0. The molecule has 1 aromatic heterocycles. The zero-order valence-electron chi connectivity index (χ0n) is 18.6. The van der Waals surface area contributed by atoms with Gasteiger partial charge in [0.15, 0.2) is 5.78 Å². The number of benzene rings is 1. The summed E-state index contributed by atoms with van der Waals surface area (Å²) in [6.07, 6.45) is 0. The van der Waals surface area contributed by atoms with Crippen LogP contribution in [0.25, 0.3) is 0 Å². The van der Waals surface area contributed by atoms with Gasteiger partial charge in [0.2, 0.25) is 5.91 Å². The van der Waals surface area contributed by atoms with Crippen molar-refractivity contribution in [1.82, 2.24) is 9.47 Å². The lowest BCUT2D eigenvalue weighted by Crippen LogP contribution is -2.44. The maximum absolute atomic E-state index is 13.5. The SMILES string of the molecule is COC(=O)c1c(C)c(C(=O)[C@@H](C)N(Cc2ccc(F)cc2)C(=O)C(C)C)c(C)n1C. The van der Waals surface area contributed by atoms with E-state index in [2.05, 4.69) is 0 Å². The zero-order chi connectivity index (χ0) is 22.7. The van der Waals surface area contributed by atoms with Gasteiger partial charge in [0.25, 0.3) is 0 Å². The predicted molar refractivity (Wildman–Crippen MR) is 112 cm³/mol. The van der Waals surface area contributed by atoms with Gasteiger partial charge in [-0.05, 0) is 44.0 Å². The van der Waals surface area contributed by atoms with Crippen LogP contribution >= 0.6 is 0 Å². The molecule has 0 spiro atoms. The summed E-state index contributed by atoms with van der Waals surface area (Å²) in [5.41, 5.74) is 2.60. The Morgan fingerprint density at radius 3 is 2.17 bits per heavy atom. The second kappa shape index (κ2) is 9.24. The molecule has 0 radical (unpaired) electrons. The van der Waals surface area contributed by atoms with Crippen LogP contribution in [0.4, 0.5) is 4.39 Å². The summed E-state index contributed by atoms with van der Waals surface area (Å²) in [6, 6.07) is 5.08. The number of ketones is 1. The lowest BCUT2D eigenvalue weighted by Gasteiger charge is -2.30. The fraction of sp³-hybridized carbons (Fsp3) is 0.435. The number of nitrogens with zero attached hydrogens (tertiary/aromatic N) is 2. The molecule has 0 saturated carbocycles. The maximum atomic E-state index is 13.5. The molecule has 1 heterocycles. The second-order valence-corrected chi connectivity index (χ2v) is 7.77. The summed E-state index contributed by atoms with van der Waals surface area (Å²) in [7, 11) is 2.99. The van der Waals surface area contributed by atoms with Crippen molar-refractivity contribution in [2.45, 2.75) is 47.2 Å². The first-order valence-corrected chi connectivity index (χ1v) is 9.84. The standard InChI is InChI=1S/C23H29FN2O4/c1-13(2)22(28)26(12-17-8-10-18(24)11-9-17)16(5)21(27)19-14(3)20(23(29)30-7)25(6)15(19)4/h8-11,13,16H,12H2,1-7H3/t16-/m1/s1. The number of methoxy groups -OCH3 is 1. The van der Waals surface area contributed by atoms with Gasteiger partial charge in [-0.25, -0.2) is 9.18 Å². The van der Waals surface area contributed by atoms with Crippen molar-refractivity contribution in [1.29, 1.82) is 0 Å². The first kappa shape index (κ1) is 23.3. The monoisotopic (exact) mass is 416 g/mol. The third kappa shape index (κ3) is 4.45. The predicted octanol–water partition coefficient (Wildman–Crippen LogP) is 3.82. The number of carbonyl (C=O) groups is 3. The molecule has 0 aliphatic heterocycles. The van der Waals surface area contributed by atoms with Crippen LogP contribution < -0.4 is 0 Å². The molecule has 162 valence electrons. The molecule has 7 heteroatoms. The summed E-state index contributed by atoms with van der Waals surface area (Å²) in [4.78, 5) is 40.0. The Hall–Kier alpha value is -2.96. The minimum Gasteiger partial charge on any atom is -0.464 e. The van der Waals surface area contributed by atoms with E-state index in [1.165, 1.54) is 24.1 Å². The van der Waals surface area contributed by atoms with Crippen molar-refractivity contribution < 1.29 is 23.5 Å². The summed E-state index contributed by atoms with van der Waals surface area (Å²) < 4.78 is 19.7. The van der Waals surface area contributed by atoms with Gasteiger partial charge in [0.05, 0.1) is 13.2 Å². The number of carbonyl (C=O) groups excluding carboxylic acids is 3. The van der Waals surface area contributed by atoms with E-state index >= 15 is 0 Å². The molecule has 1 atom stereocenters. The number of rotatable bonds is 7. The van der Waals surface area contributed by atoms with Gasteiger partial charge in [0.1, 0.15) is 11.5 Å². The summed E-state index contributed by atoms with van der Waals surface area (Å²) in [5.74, 6) is -1.64. The molecule has 0 fully saturated rings. The average molecular weight is 416 g/mol. The first-order chi connectivity index (χ1) is 14.0. The van der Waals surface area contributed by atoms with Crippen molar-refractivity contribution in [3.8, 4) is 0 Å². The molecule has 0 N–H and O–H groups in total. The van der Waals surface area contributed by atoms with Gasteiger partial charge >= 0.3 is 5.97 Å². The highest BCUT2D eigenvalue weighted by atomic mass is 19.1. The number of halogens is 1. The second-order valence-electron chi connectivity index (χ2n) is 7.77. The van der Waals surface area contributed by atoms with Gasteiger partial charge in [-0.3, -0.25) is 9.59 Å². The van der Waals surface area contributed by atoms with Crippen molar-refractivity contribution in [2.75, 3.05) is 7.11 Å². The first-order valence-electron chi connectivity index (χ1n) is 9.84. The van der Waals surface area contributed by atoms with Crippen LogP contribution in [-0.2, 0) is 23.1 Å². The lowest BCUT2D eigenvalue weighted by atomic mass is 9.98. The third-order valence-electron chi connectivity index (χ3n) is 5.45. The molecule has 1 aromatic carbocycles. The van der Waals surface area contributed by atoms with Crippen LogP contribution in [0.2, 0.25) is 0 Å². The molecule has 30 heavy (non-hydrogen) atoms. The number of amides is 1. The number of Topliss-reactive ketones (excluding diaryl/α,β-unsaturated/α-hetero) is 1. The van der Waals surface area contributed by atoms with E-state index in [0.717, 1.165) is 5.56 Å². The van der Waals surface area contributed by atoms with Crippen LogP contribution in [0.5, 0.6) is 0 Å². The molecule has 0 unspecified atom stereocenters. The Kier molecular flexibility index (Phi) is 7.18. The van der Waals surface area contributed by atoms with E-state index in [4.69, 9.17) is 4.74 Å². The maximum Gasteiger partial charge on any atom is 0.354 e. The molecule has 0 aliphatic rings. The van der Waals surface area contributed by atoms with Crippen molar-refractivity contribution >= 4 is 17.7 Å². The fourth-order valence-electron chi connectivity index (χ4n) is 3.60. The lowest BCUT2D eigenvalue weighted by molar-refractivity contribution is -0.136. The van der Waals surface area contributed by atoms with E-state index in [9.17, 15) is 18.8 Å². The Labute approximate surface area is 176 Å². The Morgan fingerprint density at radius 1 is 1.10 bits per heavy atom. The Bertz CT molecular complexity index is 961.